The molecule has 1 radical (unpaired) electrons. The summed E-state index contributed by atoms with van der Waals surface area (Å²) >= 11 is 1.16. The van der Waals surface area contributed by atoms with Gasteiger partial charge in [-0.3, -0.25) is 14.5 Å². The molecule has 37 heavy (non-hydrogen) atoms. The van der Waals surface area contributed by atoms with Crippen LogP contribution in [0.3, 0.4) is 0 Å². The molecule has 3 N–H and O–H groups in total. The third-order valence-electron chi connectivity index (χ3n) is 6.35. The predicted molar refractivity (Wildman–Crippen MR) is 141 cm³/mol. The maximum atomic E-state index is 12.7. The van der Waals surface area contributed by atoms with E-state index in [0.717, 1.165) is 55.3 Å². The molecular formula is C27H26N5O4S. The largest absolute Gasteiger partial charge is 0.493 e. The molecule has 0 saturated heterocycles. The highest BCUT2D eigenvalue weighted by Crippen LogP contribution is 2.33. The van der Waals surface area contributed by atoms with Crippen molar-refractivity contribution in [3.05, 3.63) is 75.9 Å². The SMILES string of the molecule is COc1cc2c(cc1OC)CN(CCc1ccc(NC(=O)c3[c]c4nc(C(N)=O)cnc4s3)cc1)CC2. The summed E-state index contributed by atoms with van der Waals surface area (Å²) < 4.78 is 10.9. The van der Waals surface area contributed by atoms with Crippen molar-refractivity contribution in [3.8, 4) is 11.5 Å². The fourth-order valence-corrected chi connectivity index (χ4v) is 5.13. The Kier molecular flexibility index (Phi) is 7.02. The number of carbonyl (C=O) groups is 2. The van der Waals surface area contributed by atoms with Crippen molar-refractivity contribution < 1.29 is 19.1 Å². The van der Waals surface area contributed by atoms with Crippen LogP contribution in [0.2, 0.25) is 0 Å². The average Bonchev–Trinajstić information content (AvgIpc) is 3.35. The zero-order chi connectivity index (χ0) is 25.9. The number of carbonyl (C=O) groups excluding carboxylic acids is 2. The molecule has 3 heterocycles. The van der Waals surface area contributed by atoms with E-state index in [-0.39, 0.29) is 11.6 Å². The first kappa shape index (κ1) is 24.7. The Morgan fingerprint density at radius 1 is 1.14 bits per heavy atom. The minimum absolute atomic E-state index is 0.0396. The number of nitrogens with one attached hydrogen (secondary N) is 1. The molecule has 189 valence electrons. The van der Waals surface area contributed by atoms with E-state index in [2.05, 4.69) is 38.4 Å². The molecular weight excluding hydrogens is 490 g/mol. The van der Waals surface area contributed by atoms with Gasteiger partial charge in [0.1, 0.15) is 20.9 Å². The van der Waals surface area contributed by atoms with Gasteiger partial charge in [0.15, 0.2) is 11.5 Å². The fourth-order valence-electron chi connectivity index (χ4n) is 4.35. The standard InChI is InChI=1S/C27H26N5O4S/c1-35-22-11-17-8-10-32(15-18(17)12-23(22)36-2)9-7-16-3-5-19(6-4-16)30-26(34)24-13-20-27(37-24)29-14-21(31-20)25(28)33/h3-6,11-12,14H,7-10,15H2,1-2H3,(H2,28,33)(H,30,34). The van der Waals surface area contributed by atoms with Gasteiger partial charge in [-0.25, -0.2) is 9.97 Å². The van der Waals surface area contributed by atoms with Gasteiger partial charge < -0.3 is 20.5 Å². The van der Waals surface area contributed by atoms with Gasteiger partial charge in [0, 0.05) is 31.4 Å². The van der Waals surface area contributed by atoms with Crippen LogP contribution < -0.4 is 20.5 Å². The normalized spacial score (nSPS) is 13.2. The number of nitrogens with two attached hydrogens (primary N) is 1. The summed E-state index contributed by atoms with van der Waals surface area (Å²) in [4.78, 5) is 35.5. The molecule has 0 spiro atoms. The number of amides is 2. The van der Waals surface area contributed by atoms with Crippen molar-refractivity contribution in [2.24, 2.45) is 5.73 Å². The second-order valence-electron chi connectivity index (χ2n) is 8.73. The molecule has 2 aromatic carbocycles. The fraction of sp³-hybridized carbons (Fsp3) is 0.259. The van der Waals surface area contributed by atoms with Crippen LogP contribution in [0.15, 0.2) is 42.6 Å². The molecule has 1 aliphatic rings. The number of methoxy groups -OCH3 is 2. The number of hydrogen-bond acceptors (Lipinski definition) is 8. The highest BCUT2D eigenvalue weighted by atomic mass is 32.1. The monoisotopic (exact) mass is 516 g/mol. The highest BCUT2D eigenvalue weighted by molar-refractivity contribution is 7.20. The van der Waals surface area contributed by atoms with E-state index in [1.165, 1.54) is 22.9 Å². The van der Waals surface area contributed by atoms with Crippen LogP contribution >= 0.6 is 11.3 Å². The van der Waals surface area contributed by atoms with Crippen molar-refractivity contribution in [1.29, 1.82) is 0 Å². The average molecular weight is 517 g/mol. The Balaban J connectivity index is 1.17. The molecule has 0 bridgehead atoms. The van der Waals surface area contributed by atoms with Gasteiger partial charge in [-0.2, -0.15) is 0 Å². The number of ether oxygens (including phenoxy) is 2. The van der Waals surface area contributed by atoms with Crippen LogP contribution in [0.4, 0.5) is 5.69 Å². The molecule has 9 nitrogen and oxygen atoms in total. The molecule has 0 aliphatic carbocycles. The molecule has 2 amide bonds. The summed E-state index contributed by atoms with van der Waals surface area (Å²) in [5.41, 5.74) is 10.1. The molecule has 4 aromatic rings. The smallest absolute Gasteiger partial charge is 0.268 e. The number of hydrogen-bond donors (Lipinski definition) is 2. The lowest BCUT2D eigenvalue weighted by Gasteiger charge is -2.29. The number of nitrogens with zero attached hydrogens (tertiary/aromatic N) is 3. The Morgan fingerprint density at radius 2 is 1.86 bits per heavy atom. The van der Waals surface area contributed by atoms with Gasteiger partial charge in [0.2, 0.25) is 0 Å². The van der Waals surface area contributed by atoms with Crippen molar-refractivity contribution in [3.63, 3.8) is 0 Å². The number of aromatic nitrogens is 2. The van der Waals surface area contributed by atoms with Crippen LogP contribution in [-0.4, -0.2) is 54.0 Å². The van der Waals surface area contributed by atoms with Crippen LogP contribution in [0.5, 0.6) is 11.5 Å². The number of benzene rings is 2. The van der Waals surface area contributed by atoms with Gasteiger partial charge in [0.05, 0.1) is 20.4 Å². The van der Waals surface area contributed by atoms with E-state index in [4.69, 9.17) is 15.2 Å². The minimum atomic E-state index is -0.675. The second kappa shape index (κ2) is 10.5. The Bertz CT molecular complexity index is 1470. The maximum Gasteiger partial charge on any atom is 0.268 e. The highest BCUT2D eigenvalue weighted by Gasteiger charge is 2.19. The van der Waals surface area contributed by atoms with E-state index in [1.807, 2.05) is 24.3 Å². The quantitative estimate of drug-likeness (QED) is 0.368. The first-order valence-corrected chi connectivity index (χ1v) is 12.6. The summed E-state index contributed by atoms with van der Waals surface area (Å²) in [5.74, 6) is 0.554. The number of anilines is 1. The molecule has 5 rings (SSSR count). The van der Waals surface area contributed by atoms with Crippen LogP contribution in [0.1, 0.15) is 36.9 Å². The summed E-state index contributed by atoms with van der Waals surface area (Å²) in [5, 5.41) is 2.88. The molecule has 10 heteroatoms. The maximum absolute atomic E-state index is 12.7. The van der Waals surface area contributed by atoms with Crippen molar-refractivity contribution in [2.75, 3.05) is 32.6 Å². The summed E-state index contributed by atoms with van der Waals surface area (Å²) in [6, 6.07) is 14.9. The number of rotatable bonds is 8. The Hall–Kier alpha value is -4.02. The lowest BCUT2D eigenvalue weighted by molar-refractivity contribution is 0.0993. The van der Waals surface area contributed by atoms with Gasteiger partial charge in [-0.15, -0.1) is 11.3 Å². The third-order valence-corrected chi connectivity index (χ3v) is 7.34. The molecule has 2 aromatic heterocycles. The van der Waals surface area contributed by atoms with Crippen LogP contribution in [0, 0.1) is 6.07 Å². The van der Waals surface area contributed by atoms with E-state index in [9.17, 15) is 9.59 Å². The predicted octanol–water partition coefficient (Wildman–Crippen LogP) is 3.46. The summed E-state index contributed by atoms with van der Waals surface area (Å²) in [7, 11) is 3.32. The first-order chi connectivity index (χ1) is 17.9. The summed E-state index contributed by atoms with van der Waals surface area (Å²) in [6.07, 6.45) is 3.18. The molecule has 0 fully saturated rings. The minimum Gasteiger partial charge on any atom is -0.493 e. The molecule has 0 unspecified atom stereocenters. The molecule has 1 aliphatic heterocycles. The van der Waals surface area contributed by atoms with Gasteiger partial charge in [0.25, 0.3) is 11.8 Å². The topological polar surface area (TPSA) is 120 Å². The van der Waals surface area contributed by atoms with Gasteiger partial charge >= 0.3 is 0 Å². The van der Waals surface area contributed by atoms with Crippen molar-refractivity contribution >= 4 is 39.2 Å². The van der Waals surface area contributed by atoms with Crippen molar-refractivity contribution in [1.82, 2.24) is 14.9 Å². The zero-order valence-electron chi connectivity index (χ0n) is 20.5. The van der Waals surface area contributed by atoms with Crippen LogP contribution in [-0.2, 0) is 19.4 Å². The first-order valence-electron chi connectivity index (χ1n) is 11.8. The van der Waals surface area contributed by atoms with Gasteiger partial charge in [-0.1, -0.05) is 12.1 Å². The summed E-state index contributed by atoms with van der Waals surface area (Å²) in [6.45, 7) is 2.80. The van der Waals surface area contributed by atoms with E-state index in [1.54, 1.807) is 14.2 Å². The van der Waals surface area contributed by atoms with E-state index >= 15 is 0 Å². The third kappa shape index (κ3) is 5.40. The Labute approximate surface area is 218 Å². The van der Waals surface area contributed by atoms with Crippen molar-refractivity contribution in [2.45, 2.75) is 19.4 Å². The van der Waals surface area contributed by atoms with Crippen LogP contribution in [0.25, 0.3) is 10.3 Å². The lowest BCUT2D eigenvalue weighted by Crippen LogP contribution is -2.32. The number of fused-ring (bicyclic) bond motifs is 2. The molecule has 0 saturated carbocycles. The number of primary amides is 1. The van der Waals surface area contributed by atoms with Gasteiger partial charge in [-0.05, 0) is 53.8 Å². The van der Waals surface area contributed by atoms with E-state index in [0.29, 0.717) is 20.9 Å². The lowest BCUT2D eigenvalue weighted by atomic mass is 9.98. The zero-order valence-corrected chi connectivity index (χ0v) is 21.4. The number of thiophene rings is 1. The Morgan fingerprint density at radius 3 is 2.57 bits per heavy atom. The van der Waals surface area contributed by atoms with E-state index < -0.39 is 5.91 Å². The molecule has 0 atom stereocenters. The second-order valence-corrected chi connectivity index (χ2v) is 9.73.